The Morgan fingerprint density at radius 1 is 0.344 bits per heavy atom. The lowest BCUT2D eigenvalue weighted by atomic mass is 10.0. The first-order valence-corrected chi connectivity index (χ1v) is 37.0. The zero-order chi connectivity index (χ0) is 65.5. The predicted octanol–water partition coefficient (Wildman–Crippen LogP) is 22.9. The fraction of sp³-hybridized carbons (Fsp3) is 0.600. The van der Waals surface area contributed by atoms with E-state index >= 15 is 0 Å². The van der Waals surface area contributed by atoms with Gasteiger partial charge in [0.15, 0.2) is 6.10 Å². The molecule has 0 aromatic carbocycles. The summed E-state index contributed by atoms with van der Waals surface area (Å²) in [4.78, 5) is 38.1. The molecule has 0 bridgehead atoms. The smallest absolute Gasteiger partial charge is 0.306 e. The van der Waals surface area contributed by atoms with E-state index in [9.17, 15) is 19.0 Å². The molecule has 0 fully saturated rings. The molecule has 0 aliphatic carbocycles. The summed E-state index contributed by atoms with van der Waals surface area (Å²) < 4.78 is 34.3. The summed E-state index contributed by atoms with van der Waals surface area (Å²) in [6.45, 7) is 3.99. The zero-order valence-electron chi connectivity index (χ0n) is 57.8. The van der Waals surface area contributed by atoms with Gasteiger partial charge < -0.3 is 27.9 Å². The van der Waals surface area contributed by atoms with Gasteiger partial charge in [0.2, 0.25) is 0 Å². The maximum absolute atomic E-state index is 12.9. The van der Waals surface area contributed by atoms with Crippen molar-refractivity contribution in [2.75, 3.05) is 47.5 Å². The number of hydrogen-bond acceptors (Lipinski definition) is 8. The van der Waals surface area contributed by atoms with E-state index in [1.165, 1.54) is 70.6 Å². The molecule has 2 unspecified atom stereocenters. The number of quaternary nitrogens is 1. The minimum Gasteiger partial charge on any atom is -0.756 e. The van der Waals surface area contributed by atoms with E-state index in [1.54, 1.807) is 0 Å². The van der Waals surface area contributed by atoms with Gasteiger partial charge in [-0.25, -0.2) is 0 Å². The third-order valence-corrected chi connectivity index (χ3v) is 15.4. The Bertz CT molecular complexity index is 2170. The maximum atomic E-state index is 12.9. The lowest BCUT2D eigenvalue weighted by molar-refractivity contribution is -0.870. The predicted molar refractivity (Wildman–Crippen MR) is 387 cm³/mol. The van der Waals surface area contributed by atoms with Gasteiger partial charge in [-0.1, -0.05) is 292 Å². The second-order valence-corrected chi connectivity index (χ2v) is 25.5. The second kappa shape index (κ2) is 68.5. The van der Waals surface area contributed by atoms with Crippen molar-refractivity contribution in [2.24, 2.45) is 0 Å². The van der Waals surface area contributed by atoms with Crippen molar-refractivity contribution in [3.05, 3.63) is 182 Å². The third-order valence-electron chi connectivity index (χ3n) is 14.4. The van der Waals surface area contributed by atoms with Crippen molar-refractivity contribution in [1.29, 1.82) is 0 Å². The average molecular weight is 1260 g/mol. The Hall–Kier alpha value is -4.89. The molecule has 0 aromatic heterocycles. The lowest BCUT2D eigenvalue weighted by Gasteiger charge is -2.28. The minimum absolute atomic E-state index is 0.0425. The molecule has 0 aliphatic heterocycles. The van der Waals surface area contributed by atoms with Crippen molar-refractivity contribution in [1.82, 2.24) is 0 Å². The Balaban J connectivity index is 4.14. The minimum atomic E-state index is -4.66. The van der Waals surface area contributed by atoms with Crippen molar-refractivity contribution in [3.8, 4) is 0 Å². The van der Waals surface area contributed by atoms with Crippen LogP contribution in [0.4, 0.5) is 0 Å². The second-order valence-electron chi connectivity index (χ2n) is 24.1. The van der Waals surface area contributed by atoms with Gasteiger partial charge in [0.25, 0.3) is 7.82 Å². The van der Waals surface area contributed by atoms with Crippen molar-refractivity contribution in [3.63, 3.8) is 0 Å². The molecule has 0 spiro atoms. The van der Waals surface area contributed by atoms with Crippen LogP contribution in [0.1, 0.15) is 258 Å². The molecule has 0 radical (unpaired) electrons. The number of hydrogen-bond donors (Lipinski definition) is 0. The van der Waals surface area contributed by atoms with Crippen LogP contribution in [0, 0.1) is 0 Å². The largest absolute Gasteiger partial charge is 0.756 e. The highest BCUT2D eigenvalue weighted by Gasteiger charge is 2.22. The molecular formula is C80H130NO8P. The van der Waals surface area contributed by atoms with Gasteiger partial charge in [0, 0.05) is 12.8 Å². The third kappa shape index (κ3) is 72.2. The summed E-state index contributed by atoms with van der Waals surface area (Å²) in [7, 11) is 1.14. The zero-order valence-corrected chi connectivity index (χ0v) is 58.7. The Kier molecular flexibility index (Phi) is 64.8. The quantitative estimate of drug-likeness (QED) is 0.0195. The molecule has 0 aromatic rings. The monoisotopic (exact) mass is 1260 g/mol. The van der Waals surface area contributed by atoms with Crippen molar-refractivity contribution in [2.45, 2.75) is 264 Å². The summed E-state index contributed by atoms with van der Waals surface area (Å²) >= 11 is 0. The van der Waals surface area contributed by atoms with Gasteiger partial charge in [0.1, 0.15) is 19.8 Å². The van der Waals surface area contributed by atoms with Gasteiger partial charge in [0.05, 0.1) is 27.7 Å². The number of phosphoric acid groups is 1. The Morgan fingerprint density at radius 3 is 0.889 bits per heavy atom. The van der Waals surface area contributed by atoms with Crippen LogP contribution in [0.3, 0.4) is 0 Å². The van der Waals surface area contributed by atoms with Crippen LogP contribution in [0.15, 0.2) is 182 Å². The van der Waals surface area contributed by atoms with Crippen molar-refractivity contribution >= 4 is 19.8 Å². The summed E-state index contributed by atoms with van der Waals surface area (Å²) in [5.41, 5.74) is 0. The fourth-order valence-electron chi connectivity index (χ4n) is 9.06. The summed E-state index contributed by atoms with van der Waals surface area (Å²) in [6, 6.07) is 0. The molecule has 90 heavy (non-hydrogen) atoms. The van der Waals surface area contributed by atoms with E-state index in [2.05, 4.69) is 196 Å². The van der Waals surface area contributed by atoms with E-state index in [4.69, 9.17) is 18.5 Å². The number of carbonyl (C=O) groups is 2. The molecule has 0 amide bonds. The highest BCUT2D eigenvalue weighted by molar-refractivity contribution is 7.45. The van der Waals surface area contributed by atoms with Crippen LogP contribution >= 0.6 is 7.82 Å². The van der Waals surface area contributed by atoms with Gasteiger partial charge in [-0.2, -0.15) is 0 Å². The first-order chi connectivity index (χ1) is 44.0. The van der Waals surface area contributed by atoms with E-state index in [1.807, 2.05) is 21.1 Å². The number of ether oxygens (including phenoxy) is 2. The number of carbonyl (C=O) groups excluding carboxylic acids is 2. The van der Waals surface area contributed by atoms with Gasteiger partial charge in [-0.15, -0.1) is 0 Å². The van der Waals surface area contributed by atoms with E-state index in [0.29, 0.717) is 17.4 Å². The molecule has 10 heteroatoms. The highest BCUT2D eigenvalue weighted by Crippen LogP contribution is 2.38. The van der Waals surface area contributed by atoms with Gasteiger partial charge in [-0.05, 0) is 135 Å². The lowest BCUT2D eigenvalue weighted by Crippen LogP contribution is -2.37. The molecule has 9 nitrogen and oxygen atoms in total. The number of unbranched alkanes of at least 4 members (excludes halogenated alkanes) is 19. The highest BCUT2D eigenvalue weighted by atomic mass is 31.2. The molecule has 0 N–H and O–H groups in total. The topological polar surface area (TPSA) is 111 Å². The maximum Gasteiger partial charge on any atom is 0.306 e. The van der Waals surface area contributed by atoms with Crippen LogP contribution in [-0.4, -0.2) is 70.0 Å². The SMILES string of the molecule is CC/C=C\C/C=C\C/C=C\C/C=C\C/C=C\C/C=C\C/C=C\C/C=C\C/C=C\C/C=C\C/C=C\CCCCCCCCCC(=O)OC(COC(=O)CCCCCCCCCCCCCC/C=C\C/C=C\C/C=C\C/C=C\CC)COP(=O)([O-])OCC[N+](C)(C)C. The number of esters is 2. The fourth-order valence-corrected chi connectivity index (χ4v) is 9.79. The van der Waals surface area contributed by atoms with Crippen LogP contribution in [-0.2, 0) is 32.7 Å². The summed E-state index contributed by atoms with van der Waals surface area (Å²) in [5.74, 6) is -0.857. The summed E-state index contributed by atoms with van der Waals surface area (Å²) in [6.07, 6.45) is 105. The standard InChI is InChI=1S/C80H130NO8P/c1-6-8-10-12-14-16-18-20-22-24-26-28-30-32-33-34-35-36-37-38-39-40-41-42-43-44-45-46-47-49-51-53-55-57-59-61-63-65-67-69-71-73-80(83)89-78(77-88-90(84,85)87-75-74-81(3,4)5)76-86-79(82)72-70-68-66-64-62-60-58-56-54-52-50-48-31-29-27-25-23-21-19-17-15-13-11-9-7-2/h8-11,14-17,20-23,26-29,32-33,35-36,38-39,41-42,44-45,47,49,53,55,78H,6-7,12-13,18-19,24-25,30-31,34,37,40,43,46,48,50-52,54,56-77H2,1-5H3/b10-8-,11-9-,16-14-,17-15-,22-20-,23-21-,28-26-,29-27-,33-32-,36-35-,39-38-,42-41-,45-44-,49-47-,55-53-. The van der Waals surface area contributed by atoms with Crippen LogP contribution in [0.25, 0.3) is 0 Å². The first kappa shape index (κ1) is 85.1. The molecule has 0 saturated heterocycles. The Morgan fingerprint density at radius 2 is 0.600 bits per heavy atom. The van der Waals surface area contributed by atoms with E-state index in [0.717, 1.165) is 154 Å². The molecular weight excluding hydrogens is 1130 g/mol. The van der Waals surface area contributed by atoms with Crippen LogP contribution in [0.5, 0.6) is 0 Å². The number of nitrogens with zero attached hydrogens (tertiary/aromatic N) is 1. The molecule has 0 saturated carbocycles. The number of phosphoric ester groups is 1. The van der Waals surface area contributed by atoms with Crippen LogP contribution in [0.2, 0.25) is 0 Å². The molecule has 508 valence electrons. The van der Waals surface area contributed by atoms with Gasteiger partial charge in [-0.3, -0.25) is 14.2 Å². The van der Waals surface area contributed by atoms with Crippen molar-refractivity contribution < 1.29 is 42.1 Å². The van der Waals surface area contributed by atoms with Crippen LogP contribution < -0.4 is 4.89 Å². The number of allylic oxidation sites excluding steroid dienone is 30. The first-order valence-electron chi connectivity index (χ1n) is 35.5. The normalized spacial score (nSPS) is 14.2. The number of likely N-dealkylation sites (N-methyl/N-ethyl adjacent to an activating group) is 1. The van der Waals surface area contributed by atoms with Gasteiger partial charge >= 0.3 is 11.9 Å². The number of rotatable bonds is 63. The van der Waals surface area contributed by atoms with E-state index in [-0.39, 0.29) is 26.1 Å². The molecule has 0 rings (SSSR count). The average Bonchev–Trinajstić information content (AvgIpc) is 3.62. The Labute approximate surface area is 552 Å². The van der Waals surface area contributed by atoms with E-state index < -0.39 is 32.5 Å². The molecule has 2 atom stereocenters. The molecule has 0 heterocycles. The molecule has 0 aliphatic rings. The summed E-state index contributed by atoms with van der Waals surface area (Å²) in [5, 5.41) is 0.